The van der Waals surface area contributed by atoms with Crippen molar-refractivity contribution in [1.82, 2.24) is 4.90 Å². The maximum Gasteiger partial charge on any atom is 0.321 e. The van der Waals surface area contributed by atoms with Crippen molar-refractivity contribution in [3.63, 3.8) is 0 Å². The normalized spacial score (nSPS) is 44.8. The maximum absolute atomic E-state index is 11.8. The highest BCUT2D eigenvalue weighted by atomic mass is 16.5. The number of methoxy groups -OCH3 is 1. The molecule has 0 amide bonds. The van der Waals surface area contributed by atoms with Crippen molar-refractivity contribution in [2.24, 2.45) is 17.3 Å². The number of carboxylic acids is 1. The lowest BCUT2D eigenvalue weighted by atomic mass is 9.59. The zero-order valence-electron chi connectivity index (χ0n) is 15.7. The summed E-state index contributed by atoms with van der Waals surface area (Å²) in [7, 11) is 1.72. The molecular weight excluding hydrogens is 350 g/mol. The van der Waals surface area contributed by atoms with E-state index < -0.39 is 18.1 Å². The number of aldehydes is 1. The van der Waals surface area contributed by atoms with Gasteiger partial charge >= 0.3 is 5.97 Å². The number of ether oxygens (including phenoxy) is 2. The molecule has 2 aliphatic carbocycles. The predicted octanol–water partition coefficient (Wildman–Crippen LogP) is 0.850. The molecule has 0 aromatic rings. The average molecular weight is 379 g/mol. The fourth-order valence-electron chi connectivity index (χ4n) is 6.13. The summed E-state index contributed by atoms with van der Waals surface area (Å²) in [5.74, 6) is -0.390. The first kappa shape index (κ1) is 19.1. The van der Waals surface area contributed by atoms with Crippen molar-refractivity contribution in [3.8, 4) is 0 Å². The highest BCUT2D eigenvalue weighted by molar-refractivity contribution is 5.77. The average Bonchev–Trinajstić information content (AvgIpc) is 2.88. The molecule has 4 aliphatic rings. The first-order chi connectivity index (χ1) is 13.0. The molecule has 8 atom stereocenters. The SMILES string of the molecule is COC1CCC2CN(C(CC=O)C(=O)O)CC[C@@]34C=CC(O)C[C@@H]3OC1C24. The standard InChI is InChI=1S/C20H29NO6/c1-26-15-3-2-12-11-21(14(5-9-22)19(24)25)8-7-20-6-4-13(23)10-16(20)27-18(15)17(12)20/h4,6,9,12-18,23H,2-3,5,7-8,10-11H2,1H3,(H,24,25)/t12?,13?,14?,15?,16-,17?,18?,20-/m0/s1. The van der Waals surface area contributed by atoms with Gasteiger partial charge in [0.25, 0.3) is 0 Å². The Balaban J connectivity index is 1.69. The second kappa shape index (κ2) is 7.28. The van der Waals surface area contributed by atoms with Gasteiger partial charge in [-0.3, -0.25) is 9.69 Å². The zero-order valence-corrected chi connectivity index (χ0v) is 15.7. The summed E-state index contributed by atoms with van der Waals surface area (Å²) in [6, 6.07) is -0.770. The van der Waals surface area contributed by atoms with Gasteiger partial charge in [0, 0.05) is 37.8 Å². The van der Waals surface area contributed by atoms with Crippen LogP contribution in [0.5, 0.6) is 0 Å². The van der Waals surface area contributed by atoms with Crippen LogP contribution in [0.1, 0.15) is 32.1 Å². The molecule has 0 aromatic carbocycles. The van der Waals surface area contributed by atoms with Crippen molar-refractivity contribution in [1.29, 1.82) is 0 Å². The third-order valence-corrected chi connectivity index (χ3v) is 7.33. The number of hydrogen-bond donors (Lipinski definition) is 2. The number of carboxylic acid groups (broad SMARTS) is 1. The first-order valence-corrected chi connectivity index (χ1v) is 9.96. The minimum Gasteiger partial charge on any atom is -0.480 e. The van der Waals surface area contributed by atoms with Gasteiger partial charge < -0.3 is 24.5 Å². The summed E-state index contributed by atoms with van der Waals surface area (Å²) in [6.07, 6.45) is 7.37. The summed E-state index contributed by atoms with van der Waals surface area (Å²) in [4.78, 5) is 24.8. The van der Waals surface area contributed by atoms with Gasteiger partial charge in [0.15, 0.2) is 0 Å². The van der Waals surface area contributed by atoms with Gasteiger partial charge in [-0.05, 0) is 31.7 Å². The largest absolute Gasteiger partial charge is 0.480 e. The summed E-state index contributed by atoms with van der Waals surface area (Å²) >= 11 is 0. The Bertz CT molecular complexity index is 624. The molecule has 0 aromatic heterocycles. The van der Waals surface area contributed by atoms with Gasteiger partial charge in [-0.15, -0.1) is 0 Å². The molecule has 2 aliphatic heterocycles. The second-order valence-electron chi connectivity index (χ2n) is 8.50. The first-order valence-electron chi connectivity index (χ1n) is 9.96. The molecule has 3 fully saturated rings. The monoisotopic (exact) mass is 379 g/mol. The van der Waals surface area contributed by atoms with Crippen LogP contribution in [0.3, 0.4) is 0 Å². The predicted molar refractivity (Wildman–Crippen MR) is 96.2 cm³/mol. The molecule has 7 heteroatoms. The molecule has 150 valence electrons. The molecule has 2 heterocycles. The lowest BCUT2D eigenvalue weighted by Crippen LogP contribution is -2.49. The Hall–Kier alpha value is -1.28. The molecule has 4 rings (SSSR count). The molecule has 0 radical (unpaired) electrons. The van der Waals surface area contributed by atoms with Crippen molar-refractivity contribution in [3.05, 3.63) is 12.2 Å². The molecule has 2 saturated heterocycles. The van der Waals surface area contributed by atoms with Crippen molar-refractivity contribution in [2.45, 2.75) is 62.6 Å². The molecule has 1 spiro atoms. The Morgan fingerprint density at radius 2 is 2.30 bits per heavy atom. The topological polar surface area (TPSA) is 96.3 Å². The van der Waals surface area contributed by atoms with Gasteiger partial charge in [-0.1, -0.05) is 12.2 Å². The Morgan fingerprint density at radius 3 is 3.00 bits per heavy atom. The number of carbonyl (C=O) groups is 2. The van der Waals surface area contributed by atoms with E-state index >= 15 is 0 Å². The second-order valence-corrected chi connectivity index (χ2v) is 8.50. The van der Waals surface area contributed by atoms with Crippen LogP contribution in [0.2, 0.25) is 0 Å². The van der Waals surface area contributed by atoms with E-state index in [0.717, 1.165) is 19.3 Å². The van der Waals surface area contributed by atoms with E-state index in [-0.39, 0.29) is 36.1 Å². The van der Waals surface area contributed by atoms with Crippen LogP contribution < -0.4 is 0 Å². The van der Waals surface area contributed by atoms with Gasteiger partial charge in [0.1, 0.15) is 12.3 Å². The highest BCUT2D eigenvalue weighted by Crippen LogP contribution is 2.59. The number of nitrogens with zero attached hydrogens (tertiary/aromatic N) is 1. The van der Waals surface area contributed by atoms with Crippen LogP contribution in [-0.2, 0) is 19.1 Å². The number of aliphatic hydroxyl groups excluding tert-OH is 1. The van der Waals surface area contributed by atoms with Gasteiger partial charge in [-0.2, -0.15) is 0 Å². The molecule has 6 unspecified atom stereocenters. The number of rotatable bonds is 5. The van der Waals surface area contributed by atoms with Crippen molar-refractivity contribution < 1.29 is 29.3 Å². The fourth-order valence-corrected chi connectivity index (χ4v) is 6.13. The van der Waals surface area contributed by atoms with Crippen LogP contribution in [0, 0.1) is 17.3 Å². The lowest BCUT2D eigenvalue weighted by Gasteiger charge is -2.44. The smallest absolute Gasteiger partial charge is 0.321 e. The summed E-state index contributed by atoms with van der Waals surface area (Å²) in [5, 5.41) is 19.8. The number of likely N-dealkylation sites (tertiary alicyclic amines) is 1. The summed E-state index contributed by atoms with van der Waals surface area (Å²) in [6.45, 7) is 1.28. The number of hydrogen-bond acceptors (Lipinski definition) is 6. The molecule has 2 N–H and O–H groups in total. The van der Waals surface area contributed by atoms with E-state index in [1.165, 1.54) is 0 Å². The van der Waals surface area contributed by atoms with Crippen LogP contribution in [0.4, 0.5) is 0 Å². The van der Waals surface area contributed by atoms with E-state index in [1.54, 1.807) is 7.11 Å². The van der Waals surface area contributed by atoms with Gasteiger partial charge in [-0.25, -0.2) is 0 Å². The van der Waals surface area contributed by atoms with E-state index in [2.05, 4.69) is 6.08 Å². The minimum atomic E-state index is -0.934. The van der Waals surface area contributed by atoms with Crippen LogP contribution in [-0.4, -0.2) is 78.0 Å². The van der Waals surface area contributed by atoms with Crippen LogP contribution >= 0.6 is 0 Å². The Kier molecular flexibility index (Phi) is 5.14. The van der Waals surface area contributed by atoms with Gasteiger partial charge in [0.2, 0.25) is 0 Å². The quantitative estimate of drug-likeness (QED) is 0.540. The molecule has 0 bridgehead atoms. The van der Waals surface area contributed by atoms with E-state index in [0.29, 0.717) is 31.7 Å². The number of carbonyl (C=O) groups excluding carboxylic acids is 1. The van der Waals surface area contributed by atoms with E-state index in [9.17, 15) is 19.8 Å². The third-order valence-electron chi connectivity index (χ3n) is 7.33. The molecular formula is C20H29NO6. The van der Waals surface area contributed by atoms with Crippen molar-refractivity contribution in [2.75, 3.05) is 20.2 Å². The van der Waals surface area contributed by atoms with E-state index in [1.807, 2.05) is 11.0 Å². The Morgan fingerprint density at radius 1 is 1.48 bits per heavy atom. The number of aliphatic carboxylic acids is 1. The minimum absolute atomic E-state index is 0.0122. The molecule has 7 nitrogen and oxygen atoms in total. The summed E-state index contributed by atoms with van der Waals surface area (Å²) < 4.78 is 12.2. The van der Waals surface area contributed by atoms with Crippen LogP contribution in [0.25, 0.3) is 0 Å². The third kappa shape index (κ3) is 3.05. The summed E-state index contributed by atoms with van der Waals surface area (Å²) in [5.41, 5.74) is -0.190. The number of aliphatic hydroxyl groups is 1. The maximum atomic E-state index is 11.8. The zero-order chi connectivity index (χ0) is 19.2. The van der Waals surface area contributed by atoms with E-state index in [4.69, 9.17) is 9.47 Å². The molecule has 1 saturated carbocycles. The highest BCUT2D eigenvalue weighted by Gasteiger charge is 2.62. The lowest BCUT2D eigenvalue weighted by molar-refractivity contribution is -0.145. The molecule has 27 heavy (non-hydrogen) atoms. The van der Waals surface area contributed by atoms with Crippen LogP contribution in [0.15, 0.2) is 12.2 Å². The fraction of sp³-hybridized carbons (Fsp3) is 0.800. The van der Waals surface area contributed by atoms with Gasteiger partial charge in [0.05, 0.1) is 24.4 Å². The van der Waals surface area contributed by atoms with Crippen molar-refractivity contribution >= 4 is 12.3 Å². The Labute approximate surface area is 159 Å².